The molecule has 0 aliphatic carbocycles. The Morgan fingerprint density at radius 3 is 2.72 bits per heavy atom. The number of pyridine rings is 1. The number of benzene rings is 1. The van der Waals surface area contributed by atoms with Crippen LogP contribution in [0.5, 0.6) is 11.5 Å². The maximum atomic E-state index is 5.30. The monoisotopic (exact) mass is 244 g/mol. The van der Waals surface area contributed by atoms with Crippen LogP contribution < -0.4 is 14.8 Å². The van der Waals surface area contributed by atoms with Gasteiger partial charge >= 0.3 is 0 Å². The molecule has 94 valence electrons. The van der Waals surface area contributed by atoms with Crippen molar-refractivity contribution in [3.05, 3.63) is 48.3 Å². The van der Waals surface area contributed by atoms with Gasteiger partial charge in [0.2, 0.25) is 0 Å². The number of aromatic nitrogens is 1. The molecular weight excluding hydrogens is 228 g/mol. The first-order valence-electron chi connectivity index (χ1n) is 5.68. The number of hydrogen-bond acceptors (Lipinski definition) is 4. The molecule has 0 aliphatic heterocycles. The normalized spacial score (nSPS) is 9.89. The van der Waals surface area contributed by atoms with E-state index in [1.807, 2.05) is 36.5 Å². The molecule has 0 saturated heterocycles. The number of ether oxygens (including phenoxy) is 2. The third kappa shape index (κ3) is 2.91. The highest BCUT2D eigenvalue weighted by Gasteiger charge is 2.04. The van der Waals surface area contributed by atoms with Crippen molar-refractivity contribution in [3.8, 4) is 11.5 Å². The van der Waals surface area contributed by atoms with Gasteiger partial charge in [0.25, 0.3) is 0 Å². The van der Waals surface area contributed by atoms with Crippen molar-refractivity contribution in [3.63, 3.8) is 0 Å². The molecule has 0 atom stereocenters. The number of methoxy groups -OCH3 is 2. The second-order valence-electron chi connectivity index (χ2n) is 3.78. The van der Waals surface area contributed by atoms with E-state index in [1.165, 1.54) is 0 Å². The summed E-state index contributed by atoms with van der Waals surface area (Å²) in [7, 11) is 3.30. The van der Waals surface area contributed by atoms with E-state index in [1.54, 1.807) is 20.4 Å². The second-order valence-corrected chi connectivity index (χ2v) is 3.78. The smallest absolute Gasteiger partial charge is 0.142 e. The molecule has 1 N–H and O–H groups in total. The van der Waals surface area contributed by atoms with Crippen LogP contribution in [0.4, 0.5) is 5.69 Å². The topological polar surface area (TPSA) is 43.4 Å². The van der Waals surface area contributed by atoms with Gasteiger partial charge in [0.15, 0.2) is 0 Å². The Morgan fingerprint density at radius 2 is 2.06 bits per heavy atom. The van der Waals surface area contributed by atoms with E-state index in [0.29, 0.717) is 6.54 Å². The van der Waals surface area contributed by atoms with Gasteiger partial charge in [-0.15, -0.1) is 0 Å². The number of rotatable bonds is 5. The molecule has 0 spiro atoms. The maximum absolute atomic E-state index is 5.30. The van der Waals surface area contributed by atoms with Gasteiger partial charge < -0.3 is 14.8 Å². The van der Waals surface area contributed by atoms with E-state index < -0.39 is 0 Å². The summed E-state index contributed by atoms with van der Waals surface area (Å²) in [5.74, 6) is 1.59. The fourth-order valence-electron chi connectivity index (χ4n) is 1.65. The molecule has 1 heterocycles. The first-order valence-corrected chi connectivity index (χ1v) is 5.68. The van der Waals surface area contributed by atoms with Crippen molar-refractivity contribution in [1.29, 1.82) is 0 Å². The van der Waals surface area contributed by atoms with Crippen LogP contribution in [0.25, 0.3) is 0 Å². The third-order valence-electron chi connectivity index (χ3n) is 2.61. The lowest BCUT2D eigenvalue weighted by atomic mass is 10.2. The van der Waals surface area contributed by atoms with Gasteiger partial charge in [0.1, 0.15) is 11.5 Å². The van der Waals surface area contributed by atoms with Gasteiger partial charge in [0.05, 0.1) is 19.9 Å². The molecule has 0 saturated carbocycles. The van der Waals surface area contributed by atoms with Crippen LogP contribution in [0.1, 0.15) is 5.56 Å². The van der Waals surface area contributed by atoms with Gasteiger partial charge in [-0.25, -0.2) is 0 Å². The molecule has 0 amide bonds. The number of anilines is 1. The van der Waals surface area contributed by atoms with E-state index in [2.05, 4.69) is 10.3 Å². The van der Waals surface area contributed by atoms with Crippen molar-refractivity contribution in [1.82, 2.24) is 4.98 Å². The predicted octanol–water partition coefficient (Wildman–Crippen LogP) is 2.71. The molecule has 0 bridgehead atoms. The fraction of sp³-hybridized carbons (Fsp3) is 0.214. The summed E-state index contributed by atoms with van der Waals surface area (Å²) in [6, 6.07) is 9.60. The lowest BCUT2D eigenvalue weighted by Crippen LogP contribution is -2.02. The van der Waals surface area contributed by atoms with Crippen LogP contribution >= 0.6 is 0 Å². The maximum Gasteiger partial charge on any atom is 0.142 e. The Bertz CT molecular complexity index is 500. The van der Waals surface area contributed by atoms with Gasteiger partial charge in [-0.3, -0.25) is 4.98 Å². The molecule has 2 rings (SSSR count). The minimum Gasteiger partial charge on any atom is -0.497 e. The summed E-state index contributed by atoms with van der Waals surface area (Å²) in [6.45, 7) is 0.692. The van der Waals surface area contributed by atoms with Crippen molar-refractivity contribution in [2.45, 2.75) is 6.54 Å². The number of nitrogens with one attached hydrogen (secondary N) is 1. The summed E-state index contributed by atoms with van der Waals surface area (Å²) in [6.07, 6.45) is 3.59. The van der Waals surface area contributed by atoms with Crippen LogP contribution in [0, 0.1) is 0 Å². The van der Waals surface area contributed by atoms with E-state index in [0.717, 1.165) is 22.7 Å². The SMILES string of the molecule is COc1ccc(OC)c(NCc2cccnc2)c1. The molecule has 0 fully saturated rings. The molecule has 0 aliphatic rings. The lowest BCUT2D eigenvalue weighted by molar-refractivity contribution is 0.404. The zero-order valence-corrected chi connectivity index (χ0v) is 10.5. The molecule has 0 radical (unpaired) electrons. The molecule has 0 unspecified atom stereocenters. The summed E-state index contributed by atoms with van der Waals surface area (Å²) < 4.78 is 10.5. The molecule has 1 aromatic heterocycles. The molecule has 4 heteroatoms. The fourth-order valence-corrected chi connectivity index (χ4v) is 1.65. The average Bonchev–Trinajstić information content (AvgIpc) is 2.45. The van der Waals surface area contributed by atoms with Crippen LogP contribution in [0.3, 0.4) is 0 Å². The van der Waals surface area contributed by atoms with Crippen molar-refractivity contribution < 1.29 is 9.47 Å². The lowest BCUT2D eigenvalue weighted by Gasteiger charge is -2.12. The first kappa shape index (κ1) is 12.2. The zero-order valence-electron chi connectivity index (χ0n) is 10.5. The first-order chi connectivity index (χ1) is 8.83. The van der Waals surface area contributed by atoms with E-state index in [9.17, 15) is 0 Å². The van der Waals surface area contributed by atoms with Gasteiger partial charge in [0, 0.05) is 25.0 Å². The number of hydrogen-bond donors (Lipinski definition) is 1. The van der Waals surface area contributed by atoms with E-state index in [4.69, 9.17) is 9.47 Å². The van der Waals surface area contributed by atoms with Gasteiger partial charge in [-0.05, 0) is 23.8 Å². The summed E-state index contributed by atoms with van der Waals surface area (Å²) in [4.78, 5) is 4.08. The van der Waals surface area contributed by atoms with Crippen LogP contribution in [-0.4, -0.2) is 19.2 Å². The van der Waals surface area contributed by atoms with Crippen molar-refractivity contribution in [2.24, 2.45) is 0 Å². The predicted molar refractivity (Wildman–Crippen MR) is 71.1 cm³/mol. The van der Waals surface area contributed by atoms with Crippen LogP contribution in [-0.2, 0) is 6.54 Å². The Kier molecular flexibility index (Phi) is 4.02. The minimum absolute atomic E-state index is 0.692. The quantitative estimate of drug-likeness (QED) is 0.878. The minimum atomic E-state index is 0.692. The molecule has 1 aromatic carbocycles. The molecule has 2 aromatic rings. The second kappa shape index (κ2) is 5.91. The van der Waals surface area contributed by atoms with Crippen molar-refractivity contribution in [2.75, 3.05) is 19.5 Å². The average molecular weight is 244 g/mol. The highest BCUT2D eigenvalue weighted by molar-refractivity contribution is 5.59. The molecule has 18 heavy (non-hydrogen) atoms. The van der Waals surface area contributed by atoms with E-state index in [-0.39, 0.29) is 0 Å². The Hall–Kier alpha value is -2.23. The summed E-state index contributed by atoms with van der Waals surface area (Å²) in [5.41, 5.74) is 2.02. The van der Waals surface area contributed by atoms with Crippen LogP contribution in [0.2, 0.25) is 0 Å². The number of nitrogens with zero attached hydrogens (tertiary/aromatic N) is 1. The summed E-state index contributed by atoms with van der Waals surface area (Å²) >= 11 is 0. The highest BCUT2D eigenvalue weighted by Crippen LogP contribution is 2.29. The Morgan fingerprint density at radius 1 is 1.17 bits per heavy atom. The highest BCUT2D eigenvalue weighted by atomic mass is 16.5. The third-order valence-corrected chi connectivity index (χ3v) is 2.61. The van der Waals surface area contributed by atoms with Crippen LogP contribution in [0.15, 0.2) is 42.7 Å². The zero-order chi connectivity index (χ0) is 12.8. The van der Waals surface area contributed by atoms with Crippen molar-refractivity contribution >= 4 is 5.69 Å². The Balaban J connectivity index is 2.12. The largest absolute Gasteiger partial charge is 0.497 e. The van der Waals surface area contributed by atoms with Gasteiger partial charge in [-0.1, -0.05) is 6.07 Å². The van der Waals surface area contributed by atoms with E-state index >= 15 is 0 Å². The Labute approximate surface area is 107 Å². The standard InChI is InChI=1S/C14H16N2O2/c1-17-12-5-6-14(18-2)13(8-12)16-10-11-4-3-7-15-9-11/h3-9,16H,10H2,1-2H3. The summed E-state index contributed by atoms with van der Waals surface area (Å²) in [5, 5.41) is 3.31. The molecular formula is C14H16N2O2. The van der Waals surface area contributed by atoms with Gasteiger partial charge in [-0.2, -0.15) is 0 Å². The molecule has 4 nitrogen and oxygen atoms in total.